The molecule has 3 N–H and O–H groups in total. The molecule has 0 bridgehead atoms. The van der Waals surface area contributed by atoms with Gasteiger partial charge >= 0.3 is 0 Å². The van der Waals surface area contributed by atoms with E-state index in [-0.39, 0.29) is 5.82 Å². The number of fused-ring (bicyclic) bond motifs is 1. The number of nitrogen functional groups attached to an aromatic ring is 1. The Kier molecular flexibility index (Phi) is 3.53. The van der Waals surface area contributed by atoms with Gasteiger partial charge in [-0.25, -0.2) is 14.4 Å². The van der Waals surface area contributed by atoms with E-state index in [1.165, 1.54) is 18.5 Å². The van der Waals surface area contributed by atoms with Gasteiger partial charge in [0.2, 0.25) is 0 Å². The van der Waals surface area contributed by atoms with Gasteiger partial charge in [0.15, 0.2) is 0 Å². The summed E-state index contributed by atoms with van der Waals surface area (Å²) >= 11 is 12.0. The van der Waals surface area contributed by atoms with Crippen molar-refractivity contribution in [3.8, 4) is 0 Å². The molecule has 106 valence electrons. The number of anilines is 3. The number of aromatic nitrogens is 2. The zero-order chi connectivity index (χ0) is 15.0. The molecule has 2 aromatic carbocycles. The lowest BCUT2D eigenvalue weighted by Crippen LogP contribution is -1.98. The number of nitrogens with two attached hydrogens (primary N) is 1. The maximum Gasteiger partial charge on any atom is 0.141 e. The smallest absolute Gasteiger partial charge is 0.141 e. The van der Waals surface area contributed by atoms with E-state index in [9.17, 15) is 4.39 Å². The Morgan fingerprint density at radius 1 is 1.05 bits per heavy atom. The average Bonchev–Trinajstić information content (AvgIpc) is 2.45. The molecule has 0 aliphatic carbocycles. The summed E-state index contributed by atoms with van der Waals surface area (Å²) in [5.74, 6) is 0.0881. The van der Waals surface area contributed by atoms with Crippen molar-refractivity contribution in [1.82, 2.24) is 9.97 Å². The Bertz CT molecular complexity index is 815. The molecule has 0 aliphatic heterocycles. The highest BCUT2D eigenvalue weighted by Crippen LogP contribution is 2.33. The van der Waals surface area contributed by atoms with Crippen LogP contribution < -0.4 is 11.1 Å². The van der Waals surface area contributed by atoms with Gasteiger partial charge in [-0.1, -0.05) is 23.2 Å². The minimum atomic E-state index is -0.367. The minimum Gasteiger partial charge on any atom is -0.396 e. The quantitative estimate of drug-likeness (QED) is 0.686. The fourth-order valence-electron chi connectivity index (χ4n) is 1.92. The van der Waals surface area contributed by atoms with Crippen LogP contribution in [0.15, 0.2) is 36.7 Å². The summed E-state index contributed by atoms with van der Waals surface area (Å²) in [6.07, 6.45) is 1.39. The van der Waals surface area contributed by atoms with Crippen LogP contribution in [0.3, 0.4) is 0 Å². The molecular weight excluding hydrogens is 314 g/mol. The van der Waals surface area contributed by atoms with Gasteiger partial charge < -0.3 is 11.1 Å². The molecule has 1 heterocycles. The van der Waals surface area contributed by atoms with Crippen LogP contribution in [-0.2, 0) is 0 Å². The first-order valence-electron chi connectivity index (χ1n) is 5.96. The SMILES string of the molecule is Nc1c(Cl)cc(Nc2ncnc3ccc(F)cc23)cc1Cl. The highest BCUT2D eigenvalue weighted by molar-refractivity contribution is 6.39. The highest BCUT2D eigenvalue weighted by Gasteiger charge is 2.08. The summed E-state index contributed by atoms with van der Waals surface area (Å²) in [5, 5.41) is 4.25. The van der Waals surface area contributed by atoms with E-state index in [0.29, 0.717) is 38.1 Å². The van der Waals surface area contributed by atoms with Gasteiger partial charge in [0, 0.05) is 11.1 Å². The normalized spacial score (nSPS) is 10.8. The van der Waals surface area contributed by atoms with Crippen molar-refractivity contribution in [2.75, 3.05) is 11.1 Å². The van der Waals surface area contributed by atoms with Gasteiger partial charge in [0.25, 0.3) is 0 Å². The Hall–Kier alpha value is -2.11. The van der Waals surface area contributed by atoms with Crippen LogP contribution in [0.25, 0.3) is 10.9 Å². The van der Waals surface area contributed by atoms with Crippen LogP contribution in [0.4, 0.5) is 21.6 Å². The Morgan fingerprint density at radius 3 is 2.48 bits per heavy atom. The molecular formula is C14H9Cl2FN4. The van der Waals surface area contributed by atoms with E-state index in [1.807, 2.05) is 0 Å². The second kappa shape index (κ2) is 5.35. The number of hydrogen-bond donors (Lipinski definition) is 2. The van der Waals surface area contributed by atoms with Gasteiger partial charge in [-0.05, 0) is 30.3 Å². The third-order valence-corrected chi connectivity index (χ3v) is 3.56. The number of halogens is 3. The van der Waals surface area contributed by atoms with Crippen LogP contribution in [0.2, 0.25) is 10.0 Å². The lowest BCUT2D eigenvalue weighted by molar-refractivity contribution is 0.629. The minimum absolute atomic E-state index is 0.308. The highest BCUT2D eigenvalue weighted by atomic mass is 35.5. The topological polar surface area (TPSA) is 63.8 Å². The summed E-state index contributed by atoms with van der Waals surface area (Å²) in [7, 11) is 0. The van der Waals surface area contributed by atoms with E-state index in [1.54, 1.807) is 18.2 Å². The van der Waals surface area contributed by atoms with Gasteiger partial charge in [0.05, 0.1) is 21.2 Å². The maximum absolute atomic E-state index is 13.4. The first kappa shape index (κ1) is 13.9. The monoisotopic (exact) mass is 322 g/mol. The summed E-state index contributed by atoms with van der Waals surface area (Å²) in [4.78, 5) is 8.20. The van der Waals surface area contributed by atoms with Crippen molar-refractivity contribution in [2.45, 2.75) is 0 Å². The molecule has 0 saturated heterocycles. The molecule has 4 nitrogen and oxygen atoms in total. The number of benzene rings is 2. The molecule has 1 aromatic heterocycles. The van der Waals surface area contributed by atoms with Gasteiger partial charge in [0.1, 0.15) is 18.0 Å². The van der Waals surface area contributed by atoms with Crippen molar-refractivity contribution in [1.29, 1.82) is 0 Å². The number of nitrogens with one attached hydrogen (secondary N) is 1. The molecule has 3 aromatic rings. The maximum atomic E-state index is 13.4. The number of nitrogens with zero attached hydrogens (tertiary/aromatic N) is 2. The molecule has 0 amide bonds. The summed E-state index contributed by atoms with van der Waals surface area (Å²) in [6.45, 7) is 0. The Labute approximate surface area is 129 Å². The van der Waals surface area contributed by atoms with Crippen LogP contribution in [-0.4, -0.2) is 9.97 Å². The number of rotatable bonds is 2. The van der Waals surface area contributed by atoms with E-state index < -0.39 is 0 Å². The molecule has 0 fully saturated rings. The standard InChI is InChI=1S/C14H9Cl2FN4/c15-10-4-8(5-11(16)13(10)18)21-14-9-3-7(17)1-2-12(9)19-6-20-14/h1-6H,18H2,(H,19,20,21). The van der Waals surface area contributed by atoms with E-state index in [2.05, 4.69) is 15.3 Å². The molecule has 7 heteroatoms. The second-order valence-corrected chi connectivity index (χ2v) is 5.18. The van der Waals surface area contributed by atoms with E-state index >= 15 is 0 Å². The van der Waals surface area contributed by atoms with Crippen LogP contribution in [0.5, 0.6) is 0 Å². The Morgan fingerprint density at radius 2 is 1.76 bits per heavy atom. The summed E-state index contributed by atoms with van der Waals surface area (Å²) in [5.41, 5.74) is 7.22. The van der Waals surface area contributed by atoms with Crippen LogP contribution >= 0.6 is 23.2 Å². The van der Waals surface area contributed by atoms with Crippen molar-refractivity contribution in [3.63, 3.8) is 0 Å². The predicted octanol–water partition coefficient (Wildman–Crippen LogP) is 4.40. The predicted molar refractivity (Wildman–Crippen MR) is 83.7 cm³/mol. The lowest BCUT2D eigenvalue weighted by Gasteiger charge is -2.10. The zero-order valence-electron chi connectivity index (χ0n) is 10.6. The molecule has 0 atom stereocenters. The van der Waals surface area contributed by atoms with Crippen LogP contribution in [0, 0.1) is 5.82 Å². The molecule has 21 heavy (non-hydrogen) atoms. The third kappa shape index (κ3) is 2.70. The lowest BCUT2D eigenvalue weighted by atomic mass is 10.2. The molecule has 0 saturated carbocycles. The van der Waals surface area contributed by atoms with E-state index in [4.69, 9.17) is 28.9 Å². The Balaban J connectivity index is 2.08. The average molecular weight is 323 g/mol. The van der Waals surface area contributed by atoms with Crippen molar-refractivity contribution in [2.24, 2.45) is 0 Å². The third-order valence-electron chi connectivity index (χ3n) is 2.94. The van der Waals surface area contributed by atoms with E-state index in [0.717, 1.165) is 0 Å². The first-order chi connectivity index (χ1) is 10.0. The van der Waals surface area contributed by atoms with Gasteiger partial charge in [-0.3, -0.25) is 0 Å². The number of hydrogen-bond acceptors (Lipinski definition) is 4. The van der Waals surface area contributed by atoms with Crippen molar-refractivity contribution >= 4 is 51.3 Å². The molecule has 0 aliphatic rings. The van der Waals surface area contributed by atoms with Gasteiger partial charge in [-0.15, -0.1) is 0 Å². The fourth-order valence-corrected chi connectivity index (χ4v) is 2.41. The largest absolute Gasteiger partial charge is 0.396 e. The fraction of sp³-hybridized carbons (Fsp3) is 0. The van der Waals surface area contributed by atoms with Crippen molar-refractivity contribution < 1.29 is 4.39 Å². The second-order valence-electron chi connectivity index (χ2n) is 4.36. The van der Waals surface area contributed by atoms with Gasteiger partial charge in [-0.2, -0.15) is 0 Å². The molecule has 0 spiro atoms. The van der Waals surface area contributed by atoms with Crippen molar-refractivity contribution in [3.05, 3.63) is 52.5 Å². The molecule has 0 radical (unpaired) electrons. The summed E-state index contributed by atoms with van der Waals surface area (Å²) in [6, 6.07) is 7.53. The first-order valence-corrected chi connectivity index (χ1v) is 6.72. The zero-order valence-corrected chi connectivity index (χ0v) is 12.1. The molecule has 3 rings (SSSR count). The van der Waals surface area contributed by atoms with Crippen LogP contribution in [0.1, 0.15) is 0 Å². The molecule has 0 unspecified atom stereocenters. The summed E-state index contributed by atoms with van der Waals surface area (Å²) < 4.78 is 13.4.